The molecular weight excluding hydrogens is 466 g/mol. The molecule has 2 aliphatic heterocycles. The SMILES string of the molecule is CC[C@@H]1Oc2ccc(S(=O)(=O)N3CCN(C(=O)/C=C/c4ccccc4Cl)CC3)cc2NC1=O. The monoisotopic (exact) mass is 489 g/mol. The van der Waals surface area contributed by atoms with E-state index in [1.165, 1.54) is 22.5 Å². The van der Waals surface area contributed by atoms with Crippen LogP contribution in [0.1, 0.15) is 18.9 Å². The lowest BCUT2D eigenvalue weighted by atomic mass is 10.2. The predicted octanol–water partition coefficient (Wildman–Crippen LogP) is 3.00. The smallest absolute Gasteiger partial charge is 0.265 e. The van der Waals surface area contributed by atoms with Gasteiger partial charge in [-0.25, -0.2) is 8.42 Å². The average Bonchev–Trinajstić information content (AvgIpc) is 2.82. The molecule has 0 bridgehead atoms. The Morgan fingerprint density at radius 3 is 2.61 bits per heavy atom. The highest BCUT2D eigenvalue weighted by molar-refractivity contribution is 7.89. The van der Waals surface area contributed by atoms with Crippen molar-refractivity contribution in [3.8, 4) is 5.75 Å². The van der Waals surface area contributed by atoms with E-state index in [2.05, 4.69) is 5.32 Å². The molecule has 2 aliphatic rings. The number of hydrogen-bond acceptors (Lipinski definition) is 5. The Morgan fingerprint density at radius 2 is 1.91 bits per heavy atom. The van der Waals surface area contributed by atoms with Gasteiger partial charge in [-0.3, -0.25) is 9.59 Å². The van der Waals surface area contributed by atoms with Crippen molar-refractivity contribution in [1.82, 2.24) is 9.21 Å². The Morgan fingerprint density at radius 1 is 1.18 bits per heavy atom. The summed E-state index contributed by atoms with van der Waals surface area (Å²) in [6.45, 7) is 2.73. The van der Waals surface area contributed by atoms with Crippen LogP contribution in [0.5, 0.6) is 5.75 Å². The van der Waals surface area contributed by atoms with Crippen LogP contribution in [0.4, 0.5) is 5.69 Å². The van der Waals surface area contributed by atoms with E-state index >= 15 is 0 Å². The molecule has 0 unspecified atom stereocenters. The number of rotatable bonds is 5. The molecule has 0 radical (unpaired) electrons. The van der Waals surface area contributed by atoms with Crippen molar-refractivity contribution in [3.05, 3.63) is 59.1 Å². The lowest BCUT2D eigenvalue weighted by Gasteiger charge is -2.33. The van der Waals surface area contributed by atoms with Gasteiger partial charge in [-0.15, -0.1) is 0 Å². The molecule has 0 saturated carbocycles. The second kappa shape index (κ2) is 9.54. The fraction of sp³-hybridized carbons (Fsp3) is 0.304. The summed E-state index contributed by atoms with van der Waals surface area (Å²) >= 11 is 6.11. The Hall–Kier alpha value is -2.88. The van der Waals surface area contributed by atoms with Crippen molar-refractivity contribution < 1.29 is 22.7 Å². The minimum atomic E-state index is -3.79. The van der Waals surface area contributed by atoms with Gasteiger partial charge in [0.2, 0.25) is 15.9 Å². The number of piperazine rings is 1. The van der Waals surface area contributed by atoms with Crippen LogP contribution in [0.25, 0.3) is 6.08 Å². The summed E-state index contributed by atoms with van der Waals surface area (Å²) in [5.41, 5.74) is 1.08. The number of carbonyl (C=O) groups is 2. The quantitative estimate of drug-likeness (QED) is 0.651. The summed E-state index contributed by atoms with van der Waals surface area (Å²) in [5, 5.41) is 3.26. The van der Waals surface area contributed by atoms with E-state index in [-0.39, 0.29) is 42.9 Å². The van der Waals surface area contributed by atoms with Crippen LogP contribution in [0.2, 0.25) is 5.02 Å². The zero-order chi connectivity index (χ0) is 23.6. The maximum Gasteiger partial charge on any atom is 0.265 e. The maximum absolute atomic E-state index is 13.1. The first-order valence-electron chi connectivity index (χ1n) is 10.6. The van der Waals surface area contributed by atoms with E-state index in [1.54, 1.807) is 23.1 Å². The summed E-state index contributed by atoms with van der Waals surface area (Å²) in [4.78, 5) is 26.3. The summed E-state index contributed by atoms with van der Waals surface area (Å²) < 4.78 is 33.3. The molecule has 4 rings (SSSR count). The predicted molar refractivity (Wildman–Crippen MR) is 126 cm³/mol. The molecule has 2 amide bonds. The third kappa shape index (κ3) is 4.90. The molecule has 2 aromatic carbocycles. The van der Waals surface area contributed by atoms with Gasteiger partial charge in [0.05, 0.1) is 10.6 Å². The van der Waals surface area contributed by atoms with E-state index < -0.39 is 16.1 Å². The Bertz CT molecular complexity index is 1210. The number of carbonyl (C=O) groups excluding carboxylic acids is 2. The highest BCUT2D eigenvalue weighted by Crippen LogP contribution is 2.33. The largest absolute Gasteiger partial charge is 0.478 e. The van der Waals surface area contributed by atoms with Crippen molar-refractivity contribution in [2.24, 2.45) is 0 Å². The van der Waals surface area contributed by atoms with Gasteiger partial charge in [-0.1, -0.05) is 36.7 Å². The van der Waals surface area contributed by atoms with E-state index in [4.69, 9.17) is 16.3 Å². The van der Waals surface area contributed by atoms with Crippen molar-refractivity contribution >= 4 is 45.2 Å². The van der Waals surface area contributed by atoms with E-state index in [9.17, 15) is 18.0 Å². The normalized spacial score (nSPS) is 19.2. The highest BCUT2D eigenvalue weighted by atomic mass is 35.5. The zero-order valence-electron chi connectivity index (χ0n) is 18.0. The van der Waals surface area contributed by atoms with Crippen LogP contribution >= 0.6 is 11.6 Å². The Balaban J connectivity index is 1.41. The number of nitrogens with zero attached hydrogens (tertiary/aromatic N) is 2. The molecule has 2 aromatic rings. The van der Waals surface area contributed by atoms with Crippen LogP contribution in [0, 0.1) is 0 Å². The molecule has 33 heavy (non-hydrogen) atoms. The molecule has 0 spiro atoms. The Labute approximate surface area is 197 Å². The molecule has 1 atom stereocenters. The van der Waals surface area contributed by atoms with Crippen molar-refractivity contribution in [2.45, 2.75) is 24.3 Å². The number of halogens is 1. The first kappa shape index (κ1) is 23.3. The van der Waals surface area contributed by atoms with Crippen molar-refractivity contribution in [2.75, 3.05) is 31.5 Å². The number of anilines is 1. The molecule has 2 heterocycles. The van der Waals surface area contributed by atoms with E-state index in [1.807, 2.05) is 25.1 Å². The maximum atomic E-state index is 13.1. The number of sulfonamides is 1. The molecule has 174 valence electrons. The van der Waals surface area contributed by atoms with Gasteiger partial charge in [0.25, 0.3) is 5.91 Å². The molecule has 8 nitrogen and oxygen atoms in total. The van der Waals surface area contributed by atoms with Crippen molar-refractivity contribution in [3.63, 3.8) is 0 Å². The van der Waals surface area contributed by atoms with Crippen LogP contribution in [0.15, 0.2) is 53.4 Å². The fourth-order valence-electron chi connectivity index (χ4n) is 3.73. The molecule has 10 heteroatoms. The third-order valence-electron chi connectivity index (χ3n) is 5.64. The number of hydrogen-bond donors (Lipinski definition) is 1. The van der Waals surface area contributed by atoms with Gasteiger partial charge in [0, 0.05) is 37.3 Å². The lowest BCUT2D eigenvalue weighted by molar-refractivity contribution is -0.127. The third-order valence-corrected chi connectivity index (χ3v) is 7.88. The summed E-state index contributed by atoms with van der Waals surface area (Å²) in [7, 11) is -3.79. The minimum absolute atomic E-state index is 0.0680. The van der Waals surface area contributed by atoms with Gasteiger partial charge in [-0.2, -0.15) is 4.31 Å². The molecule has 1 fully saturated rings. The minimum Gasteiger partial charge on any atom is -0.478 e. The summed E-state index contributed by atoms with van der Waals surface area (Å²) in [6.07, 6.45) is 3.03. The molecular formula is C23H24ClN3O5S. The number of fused-ring (bicyclic) bond motifs is 1. The van der Waals surface area contributed by atoms with Gasteiger partial charge >= 0.3 is 0 Å². The standard InChI is InChI=1S/C23H24ClN3O5S/c1-2-20-23(29)25-19-15-17(8-9-21(19)32-20)33(30,31)27-13-11-26(12-14-27)22(28)10-7-16-5-3-4-6-18(16)24/h3-10,15,20H,2,11-14H2,1H3,(H,25,29)/b10-7+/t20-/m0/s1. The molecule has 0 aliphatic carbocycles. The van der Waals surface area contributed by atoms with Gasteiger partial charge < -0.3 is 15.0 Å². The lowest BCUT2D eigenvalue weighted by Crippen LogP contribution is -2.50. The van der Waals surface area contributed by atoms with E-state index in [0.717, 1.165) is 5.56 Å². The van der Waals surface area contributed by atoms with Crippen LogP contribution in [-0.4, -0.2) is 61.7 Å². The number of amides is 2. The fourth-order valence-corrected chi connectivity index (χ4v) is 5.38. The second-order valence-corrected chi connectivity index (χ2v) is 10.1. The Kier molecular flexibility index (Phi) is 6.73. The number of benzene rings is 2. The highest BCUT2D eigenvalue weighted by Gasteiger charge is 2.32. The van der Waals surface area contributed by atoms with Gasteiger partial charge in [0.1, 0.15) is 5.75 Å². The first-order valence-corrected chi connectivity index (χ1v) is 12.4. The number of nitrogens with one attached hydrogen (secondary N) is 1. The second-order valence-electron chi connectivity index (χ2n) is 7.75. The summed E-state index contributed by atoms with van der Waals surface area (Å²) in [6, 6.07) is 11.7. The van der Waals surface area contributed by atoms with Crippen LogP contribution in [-0.2, 0) is 19.6 Å². The summed E-state index contributed by atoms with van der Waals surface area (Å²) in [5.74, 6) is -0.0521. The van der Waals surface area contributed by atoms with Gasteiger partial charge in [-0.05, 0) is 42.3 Å². The van der Waals surface area contributed by atoms with Crippen LogP contribution in [0.3, 0.4) is 0 Å². The van der Waals surface area contributed by atoms with Crippen molar-refractivity contribution in [1.29, 1.82) is 0 Å². The topological polar surface area (TPSA) is 96.0 Å². The molecule has 1 N–H and O–H groups in total. The average molecular weight is 490 g/mol. The van der Waals surface area contributed by atoms with E-state index in [0.29, 0.717) is 22.9 Å². The first-order chi connectivity index (χ1) is 15.8. The molecule has 1 saturated heterocycles. The number of ether oxygens (including phenoxy) is 1. The van der Waals surface area contributed by atoms with Gasteiger partial charge in [0.15, 0.2) is 6.10 Å². The van der Waals surface area contributed by atoms with Crippen LogP contribution < -0.4 is 10.1 Å². The zero-order valence-corrected chi connectivity index (χ0v) is 19.6. The molecule has 0 aromatic heterocycles.